The van der Waals surface area contributed by atoms with E-state index >= 15 is 0 Å². The molecular formula is C19H20N4O2S. The molecule has 0 saturated heterocycles. The second-order valence-electron chi connectivity index (χ2n) is 5.99. The number of thiol groups is 1. The molecule has 0 radical (unpaired) electrons. The third kappa shape index (κ3) is 3.49. The van der Waals surface area contributed by atoms with Gasteiger partial charge in [-0.3, -0.25) is 9.59 Å². The molecule has 0 saturated carbocycles. The van der Waals surface area contributed by atoms with Gasteiger partial charge in [-0.05, 0) is 6.07 Å². The van der Waals surface area contributed by atoms with Crippen LogP contribution in [0.3, 0.4) is 0 Å². The number of nitrogens with one attached hydrogen (secondary N) is 1. The number of aliphatic imine (C=N–C) groups is 1. The molecule has 1 heterocycles. The highest BCUT2D eigenvalue weighted by Crippen LogP contribution is 2.24. The van der Waals surface area contributed by atoms with Crippen molar-refractivity contribution < 1.29 is 9.59 Å². The average molecular weight is 368 g/mol. The second kappa shape index (κ2) is 7.72. The highest BCUT2D eigenvalue weighted by molar-refractivity contribution is 7.80. The molecule has 2 aromatic rings. The maximum absolute atomic E-state index is 12.7. The first-order valence-corrected chi connectivity index (χ1v) is 8.82. The quantitative estimate of drug-likeness (QED) is 0.715. The maximum atomic E-state index is 12.7. The maximum Gasteiger partial charge on any atom is 0.269 e. The van der Waals surface area contributed by atoms with Gasteiger partial charge in [-0.1, -0.05) is 48.5 Å². The molecule has 0 aromatic heterocycles. The zero-order chi connectivity index (χ0) is 18.7. The smallest absolute Gasteiger partial charge is 0.269 e. The number of hydrogen-bond donors (Lipinski definition) is 3. The molecule has 2 amide bonds. The van der Waals surface area contributed by atoms with Gasteiger partial charge in [-0.15, -0.1) is 0 Å². The van der Waals surface area contributed by atoms with Gasteiger partial charge in [0, 0.05) is 23.9 Å². The number of benzene rings is 2. The highest BCUT2D eigenvalue weighted by Gasteiger charge is 2.32. The Balaban J connectivity index is 2.10. The van der Waals surface area contributed by atoms with E-state index < -0.39 is 12.2 Å². The molecule has 0 fully saturated rings. The third-order valence-corrected chi connectivity index (χ3v) is 4.59. The molecule has 1 aliphatic heterocycles. The molecule has 2 aromatic carbocycles. The van der Waals surface area contributed by atoms with Gasteiger partial charge in [-0.25, -0.2) is 4.99 Å². The molecule has 1 aliphatic rings. The van der Waals surface area contributed by atoms with E-state index in [1.807, 2.05) is 54.6 Å². The zero-order valence-corrected chi connectivity index (χ0v) is 15.2. The van der Waals surface area contributed by atoms with Gasteiger partial charge < -0.3 is 16.0 Å². The van der Waals surface area contributed by atoms with Crippen molar-refractivity contribution >= 4 is 35.8 Å². The topological polar surface area (TPSA) is 87.8 Å². The lowest BCUT2D eigenvalue weighted by Gasteiger charge is -2.25. The number of nitrogens with zero attached hydrogens (tertiary/aromatic N) is 2. The summed E-state index contributed by atoms with van der Waals surface area (Å²) >= 11 is 4.06. The van der Waals surface area contributed by atoms with Crippen LogP contribution >= 0.6 is 12.6 Å². The van der Waals surface area contributed by atoms with E-state index in [-0.39, 0.29) is 17.6 Å². The van der Waals surface area contributed by atoms with Crippen molar-refractivity contribution in [2.45, 2.75) is 12.2 Å². The Labute approximate surface area is 157 Å². The van der Waals surface area contributed by atoms with Crippen LogP contribution < -0.4 is 11.1 Å². The van der Waals surface area contributed by atoms with Crippen LogP contribution in [0.2, 0.25) is 0 Å². The highest BCUT2D eigenvalue weighted by atomic mass is 32.1. The number of fused-ring (bicyclic) bond motifs is 1. The first-order chi connectivity index (χ1) is 12.5. The van der Waals surface area contributed by atoms with E-state index in [1.54, 1.807) is 0 Å². The summed E-state index contributed by atoms with van der Waals surface area (Å²) in [7, 11) is 1.53. The molecule has 0 bridgehead atoms. The van der Waals surface area contributed by atoms with Crippen LogP contribution in [-0.4, -0.2) is 47.4 Å². The van der Waals surface area contributed by atoms with Gasteiger partial charge in [0.25, 0.3) is 5.91 Å². The predicted molar refractivity (Wildman–Crippen MR) is 106 cm³/mol. The van der Waals surface area contributed by atoms with Crippen molar-refractivity contribution in [3.8, 4) is 0 Å². The summed E-state index contributed by atoms with van der Waals surface area (Å²) in [6, 6.07) is 16.2. The Morgan fingerprint density at radius 2 is 1.88 bits per heavy atom. The Morgan fingerprint density at radius 1 is 1.23 bits per heavy atom. The lowest BCUT2D eigenvalue weighted by Crippen LogP contribution is -2.50. The van der Waals surface area contributed by atoms with Crippen molar-refractivity contribution in [2.75, 3.05) is 18.1 Å². The summed E-state index contributed by atoms with van der Waals surface area (Å²) in [5.74, 6) is -0.583. The number of rotatable bonds is 4. The Morgan fingerprint density at radius 3 is 2.58 bits per heavy atom. The van der Waals surface area contributed by atoms with Crippen LogP contribution in [-0.2, 0) is 9.59 Å². The van der Waals surface area contributed by atoms with Gasteiger partial charge in [0.15, 0.2) is 0 Å². The summed E-state index contributed by atoms with van der Waals surface area (Å²) in [4.78, 5) is 31.1. The molecule has 3 rings (SSSR count). The molecule has 26 heavy (non-hydrogen) atoms. The first-order valence-electron chi connectivity index (χ1n) is 8.19. The van der Waals surface area contributed by atoms with Crippen LogP contribution in [0.5, 0.6) is 0 Å². The van der Waals surface area contributed by atoms with Crippen molar-refractivity contribution in [3.05, 3.63) is 65.7 Å². The molecule has 6 nitrogen and oxygen atoms in total. The number of para-hydroxylation sites is 1. The minimum Gasteiger partial charge on any atom is -0.322 e. The summed E-state index contributed by atoms with van der Waals surface area (Å²) in [6.07, 6.45) is -1.02. The summed E-state index contributed by atoms with van der Waals surface area (Å²) in [6.45, 7) is 0. The zero-order valence-electron chi connectivity index (χ0n) is 14.3. The van der Waals surface area contributed by atoms with Crippen LogP contribution in [0.25, 0.3) is 0 Å². The fourth-order valence-electron chi connectivity index (χ4n) is 2.80. The van der Waals surface area contributed by atoms with E-state index in [0.29, 0.717) is 11.4 Å². The molecule has 134 valence electrons. The van der Waals surface area contributed by atoms with Gasteiger partial charge in [-0.2, -0.15) is 12.6 Å². The van der Waals surface area contributed by atoms with E-state index in [0.717, 1.165) is 11.1 Å². The third-order valence-electron chi connectivity index (χ3n) is 4.20. The number of carbonyl (C=O) groups excluding carboxylic acids is 2. The van der Waals surface area contributed by atoms with Crippen LogP contribution in [0.15, 0.2) is 59.6 Å². The van der Waals surface area contributed by atoms with Gasteiger partial charge in [0.2, 0.25) is 12.1 Å². The van der Waals surface area contributed by atoms with Crippen molar-refractivity contribution in [1.82, 2.24) is 4.90 Å². The number of nitrogens with two attached hydrogens (primary N) is 1. The Bertz CT molecular complexity index is 854. The first kappa shape index (κ1) is 18.2. The number of likely N-dealkylation sites (N-methyl/N-ethyl adjacent to an activating group) is 1. The number of hydrogen-bond acceptors (Lipinski definition) is 5. The number of benzodiazepines with no additional fused rings is 1. The average Bonchev–Trinajstić information content (AvgIpc) is 2.83. The molecule has 2 atom stereocenters. The molecular weight excluding hydrogens is 348 g/mol. The number of carbonyl (C=O) groups is 2. The normalized spacial score (nSPS) is 17.4. The standard InChI is InChI=1S/C19H20N4O2S/c1-23(19(25)14(20)11-26)17-18(24)21-15-10-6-5-9-13(15)16(22-17)12-7-3-2-4-8-12/h2-10,14,17,26H,11,20H2,1H3,(H,21,24)/t14-,17?/m1/s1. The lowest BCUT2D eigenvalue weighted by molar-refractivity contribution is -0.137. The van der Waals surface area contributed by atoms with E-state index in [9.17, 15) is 9.59 Å². The van der Waals surface area contributed by atoms with Crippen molar-refractivity contribution in [1.29, 1.82) is 0 Å². The van der Waals surface area contributed by atoms with E-state index in [2.05, 4.69) is 22.9 Å². The molecule has 0 spiro atoms. The SMILES string of the molecule is CN(C(=O)[C@H](N)CS)C1N=C(c2ccccc2)c2ccccc2NC1=O. The fraction of sp³-hybridized carbons (Fsp3) is 0.211. The predicted octanol–water partition coefficient (Wildman–Crippen LogP) is 1.52. The second-order valence-corrected chi connectivity index (χ2v) is 6.36. The van der Waals surface area contributed by atoms with E-state index in [1.165, 1.54) is 11.9 Å². The monoisotopic (exact) mass is 368 g/mol. The minimum atomic E-state index is -1.02. The van der Waals surface area contributed by atoms with Gasteiger partial charge in [0.05, 0.1) is 17.4 Å². The lowest BCUT2D eigenvalue weighted by atomic mass is 10.0. The summed E-state index contributed by atoms with van der Waals surface area (Å²) in [5.41, 5.74) is 8.75. The fourth-order valence-corrected chi connectivity index (χ4v) is 2.95. The Hall–Kier alpha value is -2.64. The molecule has 0 aliphatic carbocycles. The number of anilines is 1. The number of amides is 2. The molecule has 3 N–H and O–H groups in total. The van der Waals surface area contributed by atoms with Gasteiger partial charge >= 0.3 is 0 Å². The van der Waals surface area contributed by atoms with Crippen LogP contribution in [0.1, 0.15) is 11.1 Å². The Kier molecular flexibility index (Phi) is 5.39. The van der Waals surface area contributed by atoms with Crippen LogP contribution in [0, 0.1) is 0 Å². The van der Waals surface area contributed by atoms with Gasteiger partial charge in [0.1, 0.15) is 0 Å². The largest absolute Gasteiger partial charge is 0.322 e. The van der Waals surface area contributed by atoms with E-state index in [4.69, 9.17) is 5.73 Å². The van der Waals surface area contributed by atoms with Crippen molar-refractivity contribution in [3.63, 3.8) is 0 Å². The van der Waals surface area contributed by atoms with Crippen LogP contribution in [0.4, 0.5) is 5.69 Å². The summed E-state index contributed by atoms with van der Waals surface area (Å²) < 4.78 is 0. The summed E-state index contributed by atoms with van der Waals surface area (Å²) in [5, 5.41) is 2.86. The van der Waals surface area contributed by atoms with Crippen molar-refractivity contribution in [2.24, 2.45) is 10.7 Å². The molecule has 7 heteroatoms. The minimum absolute atomic E-state index is 0.187. The molecule has 1 unspecified atom stereocenters.